The Kier molecular flexibility index (Phi) is 4.38. The average molecular weight is 223 g/mol. The molecule has 0 aliphatic carbocycles. The van der Waals surface area contributed by atoms with Gasteiger partial charge in [-0.05, 0) is 32.2 Å². The maximum atomic E-state index is 3.59. The normalized spacial score (nSPS) is 41.4. The van der Waals surface area contributed by atoms with E-state index in [-0.39, 0.29) is 0 Å². The minimum atomic E-state index is 0.471. The van der Waals surface area contributed by atoms with E-state index >= 15 is 0 Å². The number of hydrogen-bond donors (Lipinski definition) is 3. The van der Waals surface area contributed by atoms with Crippen molar-refractivity contribution in [1.29, 1.82) is 0 Å². The monoisotopic (exact) mass is 223 g/mol. The summed E-state index contributed by atoms with van der Waals surface area (Å²) < 4.78 is 0. The third-order valence-electron chi connectivity index (χ3n) is 3.69. The van der Waals surface area contributed by atoms with Crippen LogP contribution in [0.25, 0.3) is 0 Å². The Hall–Kier alpha value is -0.380. The van der Waals surface area contributed by atoms with Gasteiger partial charge in [0.2, 0.25) is 0 Å². The lowest BCUT2D eigenvalue weighted by molar-refractivity contribution is 0.340. The molecule has 2 rings (SSSR count). The van der Waals surface area contributed by atoms with Crippen molar-refractivity contribution >= 4 is 0 Å². The van der Waals surface area contributed by atoms with E-state index in [9.17, 15) is 0 Å². The topological polar surface area (TPSA) is 36.1 Å². The highest BCUT2D eigenvalue weighted by Gasteiger charge is 2.17. The summed E-state index contributed by atoms with van der Waals surface area (Å²) in [7, 11) is 0. The molecule has 0 radical (unpaired) electrons. The summed E-state index contributed by atoms with van der Waals surface area (Å²) in [6, 6.07) is 0.607. The van der Waals surface area contributed by atoms with Crippen molar-refractivity contribution in [2.24, 2.45) is 11.8 Å². The van der Waals surface area contributed by atoms with Crippen LogP contribution in [0.5, 0.6) is 0 Å². The van der Waals surface area contributed by atoms with Crippen LogP contribution in [0.1, 0.15) is 26.7 Å². The highest BCUT2D eigenvalue weighted by molar-refractivity contribution is 5.00. The summed E-state index contributed by atoms with van der Waals surface area (Å²) in [5.41, 5.74) is 0. The van der Waals surface area contributed by atoms with Gasteiger partial charge in [-0.15, -0.1) is 0 Å². The molecule has 0 aromatic carbocycles. The Morgan fingerprint density at radius 2 is 1.62 bits per heavy atom. The SMILES string of the molecule is CC1CCC(C=CC2CNC(C)NC2)NC1. The zero-order valence-corrected chi connectivity index (χ0v) is 10.5. The van der Waals surface area contributed by atoms with Crippen molar-refractivity contribution in [3.05, 3.63) is 12.2 Å². The molecule has 2 saturated heterocycles. The molecule has 3 N–H and O–H groups in total. The van der Waals surface area contributed by atoms with Gasteiger partial charge in [-0.3, -0.25) is 0 Å². The van der Waals surface area contributed by atoms with Gasteiger partial charge in [-0.1, -0.05) is 19.1 Å². The van der Waals surface area contributed by atoms with Gasteiger partial charge in [0.05, 0.1) is 6.17 Å². The summed E-state index contributed by atoms with van der Waals surface area (Å²) in [6.45, 7) is 7.88. The summed E-state index contributed by atoms with van der Waals surface area (Å²) in [5.74, 6) is 1.50. The minimum absolute atomic E-state index is 0.471. The molecule has 16 heavy (non-hydrogen) atoms. The standard InChI is InChI=1S/C13H25N3/c1-10-3-5-13(16-7-10)6-4-12-8-14-11(2)15-9-12/h4,6,10-16H,3,5,7-9H2,1-2H3. The molecule has 2 unspecified atom stereocenters. The molecule has 2 aliphatic rings. The largest absolute Gasteiger partial charge is 0.310 e. The molecule has 0 amide bonds. The van der Waals surface area contributed by atoms with E-state index < -0.39 is 0 Å². The third kappa shape index (κ3) is 3.58. The first-order valence-electron chi connectivity index (χ1n) is 6.62. The van der Waals surface area contributed by atoms with Gasteiger partial charge in [-0.2, -0.15) is 0 Å². The Morgan fingerprint density at radius 1 is 0.875 bits per heavy atom. The molecule has 0 spiro atoms. The van der Waals surface area contributed by atoms with Crippen LogP contribution in [0.4, 0.5) is 0 Å². The molecule has 0 bridgehead atoms. The van der Waals surface area contributed by atoms with Crippen LogP contribution >= 0.6 is 0 Å². The van der Waals surface area contributed by atoms with E-state index in [0.717, 1.165) is 19.0 Å². The van der Waals surface area contributed by atoms with E-state index in [4.69, 9.17) is 0 Å². The first kappa shape index (κ1) is 12.1. The molecule has 0 aromatic heterocycles. The van der Waals surface area contributed by atoms with Crippen LogP contribution in [0.15, 0.2) is 12.2 Å². The maximum absolute atomic E-state index is 3.59. The summed E-state index contributed by atoms with van der Waals surface area (Å²) in [4.78, 5) is 0. The lowest BCUT2D eigenvalue weighted by atomic mass is 9.95. The Balaban J connectivity index is 1.72. The summed E-state index contributed by atoms with van der Waals surface area (Å²) in [5, 5.41) is 10.5. The molecule has 0 aromatic rings. The summed E-state index contributed by atoms with van der Waals surface area (Å²) in [6.07, 6.45) is 7.87. The number of hydrogen-bond acceptors (Lipinski definition) is 3. The van der Waals surface area contributed by atoms with Crippen molar-refractivity contribution in [2.45, 2.75) is 38.9 Å². The fraction of sp³-hybridized carbons (Fsp3) is 0.846. The van der Waals surface area contributed by atoms with Crippen LogP contribution in [0, 0.1) is 11.8 Å². The number of piperidine rings is 1. The first-order chi connectivity index (χ1) is 7.74. The molecule has 2 fully saturated rings. The van der Waals surface area contributed by atoms with Gasteiger partial charge >= 0.3 is 0 Å². The maximum Gasteiger partial charge on any atom is 0.0542 e. The van der Waals surface area contributed by atoms with E-state index in [1.165, 1.54) is 19.4 Å². The van der Waals surface area contributed by atoms with Gasteiger partial charge < -0.3 is 16.0 Å². The van der Waals surface area contributed by atoms with Gasteiger partial charge in [0.25, 0.3) is 0 Å². The second-order valence-corrected chi connectivity index (χ2v) is 5.38. The highest BCUT2D eigenvalue weighted by Crippen LogP contribution is 2.14. The minimum Gasteiger partial charge on any atom is -0.310 e. The average Bonchev–Trinajstić information content (AvgIpc) is 2.30. The van der Waals surface area contributed by atoms with Gasteiger partial charge in [-0.25, -0.2) is 0 Å². The fourth-order valence-corrected chi connectivity index (χ4v) is 2.41. The smallest absolute Gasteiger partial charge is 0.0542 e. The van der Waals surface area contributed by atoms with Crippen molar-refractivity contribution in [2.75, 3.05) is 19.6 Å². The molecule has 3 heteroatoms. The first-order valence-corrected chi connectivity index (χ1v) is 6.62. The Labute approximate surface area is 99.1 Å². The zero-order valence-electron chi connectivity index (χ0n) is 10.5. The second kappa shape index (κ2) is 5.80. The van der Waals surface area contributed by atoms with Crippen LogP contribution in [-0.2, 0) is 0 Å². The molecule has 92 valence electrons. The van der Waals surface area contributed by atoms with E-state index in [2.05, 4.69) is 41.9 Å². The second-order valence-electron chi connectivity index (χ2n) is 5.38. The number of rotatable bonds is 2. The van der Waals surface area contributed by atoms with E-state index in [1.807, 2.05) is 0 Å². The van der Waals surface area contributed by atoms with Crippen molar-refractivity contribution in [3.63, 3.8) is 0 Å². The lowest BCUT2D eigenvalue weighted by Crippen LogP contribution is -2.50. The fourth-order valence-electron chi connectivity index (χ4n) is 2.41. The van der Waals surface area contributed by atoms with E-state index in [0.29, 0.717) is 18.1 Å². The van der Waals surface area contributed by atoms with Crippen molar-refractivity contribution < 1.29 is 0 Å². The molecular formula is C13H25N3. The Bertz CT molecular complexity index is 199. The predicted molar refractivity (Wildman–Crippen MR) is 68.3 cm³/mol. The van der Waals surface area contributed by atoms with Crippen LogP contribution < -0.4 is 16.0 Å². The lowest BCUT2D eigenvalue weighted by Gasteiger charge is -2.28. The molecule has 2 atom stereocenters. The van der Waals surface area contributed by atoms with Crippen LogP contribution in [-0.4, -0.2) is 31.8 Å². The van der Waals surface area contributed by atoms with Crippen LogP contribution in [0.3, 0.4) is 0 Å². The Morgan fingerprint density at radius 3 is 2.25 bits per heavy atom. The molecular weight excluding hydrogens is 198 g/mol. The van der Waals surface area contributed by atoms with Crippen molar-refractivity contribution in [3.8, 4) is 0 Å². The quantitative estimate of drug-likeness (QED) is 0.613. The third-order valence-corrected chi connectivity index (χ3v) is 3.69. The van der Waals surface area contributed by atoms with Crippen LogP contribution in [0.2, 0.25) is 0 Å². The van der Waals surface area contributed by atoms with Gasteiger partial charge in [0, 0.05) is 25.0 Å². The molecule has 2 aliphatic heterocycles. The highest BCUT2D eigenvalue weighted by atomic mass is 15.1. The number of nitrogens with one attached hydrogen (secondary N) is 3. The van der Waals surface area contributed by atoms with Gasteiger partial charge in [0.1, 0.15) is 0 Å². The van der Waals surface area contributed by atoms with E-state index in [1.54, 1.807) is 0 Å². The predicted octanol–water partition coefficient (Wildman–Crippen LogP) is 1.09. The van der Waals surface area contributed by atoms with Gasteiger partial charge in [0.15, 0.2) is 0 Å². The summed E-state index contributed by atoms with van der Waals surface area (Å²) >= 11 is 0. The molecule has 3 nitrogen and oxygen atoms in total. The zero-order chi connectivity index (χ0) is 11.4. The van der Waals surface area contributed by atoms with Crippen molar-refractivity contribution in [1.82, 2.24) is 16.0 Å². The molecule has 0 saturated carbocycles. The molecule has 2 heterocycles.